The number of benzene rings is 3. The van der Waals surface area contributed by atoms with Crippen LogP contribution in [0.15, 0.2) is 77.6 Å². The van der Waals surface area contributed by atoms with Gasteiger partial charge in [-0.15, -0.1) is 5.10 Å². The Bertz CT molecular complexity index is 1740. The van der Waals surface area contributed by atoms with E-state index in [2.05, 4.69) is 54.6 Å². The van der Waals surface area contributed by atoms with E-state index in [-0.39, 0.29) is 12.4 Å². The van der Waals surface area contributed by atoms with Crippen molar-refractivity contribution in [1.29, 1.82) is 0 Å². The lowest BCUT2D eigenvalue weighted by Gasteiger charge is -2.38. The van der Waals surface area contributed by atoms with Gasteiger partial charge in [-0.3, -0.25) is 14.6 Å². The summed E-state index contributed by atoms with van der Waals surface area (Å²) in [4.78, 5) is 21.5. The van der Waals surface area contributed by atoms with Gasteiger partial charge in [-0.05, 0) is 57.6 Å². The molecule has 0 saturated carbocycles. The number of H-pyrrole nitrogens is 1. The van der Waals surface area contributed by atoms with Crippen molar-refractivity contribution in [2.45, 2.75) is 26.1 Å². The average molecular weight is 550 g/mol. The molecule has 10 nitrogen and oxygen atoms in total. The number of ether oxygens (including phenoxy) is 2. The summed E-state index contributed by atoms with van der Waals surface area (Å²) in [5.74, 6) is 2.26. The number of hydrogen-bond acceptors (Lipinski definition) is 8. The Morgan fingerprint density at radius 1 is 0.878 bits per heavy atom. The van der Waals surface area contributed by atoms with Gasteiger partial charge in [-0.2, -0.15) is 0 Å². The second kappa shape index (κ2) is 10.8. The fraction of sp³-hybridized carbons (Fsp3) is 0.290. The Morgan fingerprint density at radius 3 is 2.56 bits per heavy atom. The van der Waals surface area contributed by atoms with Crippen molar-refractivity contribution in [1.82, 2.24) is 35.0 Å². The number of fused-ring (bicyclic) bond motifs is 2. The summed E-state index contributed by atoms with van der Waals surface area (Å²) in [6.45, 7) is 6.83. The van der Waals surface area contributed by atoms with E-state index in [1.807, 2.05) is 60.1 Å². The molecule has 3 aromatic carbocycles. The summed E-state index contributed by atoms with van der Waals surface area (Å²) in [7, 11) is 0. The van der Waals surface area contributed by atoms with Gasteiger partial charge >= 0.3 is 0 Å². The predicted molar refractivity (Wildman–Crippen MR) is 154 cm³/mol. The third kappa shape index (κ3) is 5.07. The van der Waals surface area contributed by atoms with Crippen molar-refractivity contribution >= 4 is 10.9 Å². The summed E-state index contributed by atoms with van der Waals surface area (Å²) < 4.78 is 12.8. The molecule has 0 radical (unpaired) electrons. The van der Waals surface area contributed by atoms with Gasteiger partial charge in [0.05, 0.1) is 12.1 Å². The minimum absolute atomic E-state index is 0.117. The van der Waals surface area contributed by atoms with E-state index in [0.29, 0.717) is 17.9 Å². The molecule has 0 spiro atoms. The zero-order valence-electron chi connectivity index (χ0n) is 22.9. The van der Waals surface area contributed by atoms with Crippen molar-refractivity contribution in [3.63, 3.8) is 0 Å². The number of aromatic nitrogens is 5. The van der Waals surface area contributed by atoms with Crippen molar-refractivity contribution in [2.24, 2.45) is 0 Å². The molecular weight excluding hydrogens is 518 g/mol. The van der Waals surface area contributed by atoms with E-state index in [1.54, 1.807) is 0 Å². The normalized spacial score (nSPS) is 16.3. The third-order valence-electron chi connectivity index (χ3n) is 8.01. The van der Waals surface area contributed by atoms with Gasteiger partial charge in [0.25, 0.3) is 5.56 Å². The maximum Gasteiger partial charge on any atom is 0.253 e. The van der Waals surface area contributed by atoms with E-state index in [4.69, 9.17) is 9.47 Å². The number of piperazine rings is 1. The number of nitrogens with one attached hydrogen (secondary N) is 1. The first-order chi connectivity index (χ1) is 20.1. The molecule has 208 valence electrons. The van der Waals surface area contributed by atoms with Crippen LogP contribution < -0.4 is 15.0 Å². The number of aryl methyl sites for hydroxylation is 1. The molecule has 1 atom stereocenters. The minimum atomic E-state index is -0.393. The topological polar surface area (TPSA) is 101 Å². The monoisotopic (exact) mass is 549 g/mol. The average Bonchev–Trinajstić information content (AvgIpc) is 3.65. The number of tetrazole rings is 1. The second-order valence-electron chi connectivity index (χ2n) is 10.7. The van der Waals surface area contributed by atoms with Crippen LogP contribution in [0, 0.1) is 6.92 Å². The van der Waals surface area contributed by atoms with Crippen LogP contribution in [0.1, 0.15) is 34.1 Å². The van der Waals surface area contributed by atoms with E-state index in [9.17, 15) is 4.79 Å². The van der Waals surface area contributed by atoms with Gasteiger partial charge in [-0.1, -0.05) is 54.6 Å². The zero-order chi connectivity index (χ0) is 27.8. The smallest absolute Gasteiger partial charge is 0.253 e. The van der Waals surface area contributed by atoms with Gasteiger partial charge in [0.1, 0.15) is 6.04 Å². The van der Waals surface area contributed by atoms with Gasteiger partial charge in [-0.25, -0.2) is 4.68 Å². The lowest BCUT2D eigenvalue weighted by Crippen LogP contribution is -2.48. The highest BCUT2D eigenvalue weighted by Crippen LogP contribution is 2.33. The lowest BCUT2D eigenvalue weighted by atomic mass is 10.0. The predicted octanol–water partition coefficient (Wildman–Crippen LogP) is 3.51. The molecule has 0 aliphatic carbocycles. The van der Waals surface area contributed by atoms with Gasteiger partial charge in [0, 0.05) is 38.3 Å². The number of para-hydroxylation sites is 1. The highest BCUT2D eigenvalue weighted by molar-refractivity contribution is 5.82. The van der Waals surface area contributed by atoms with E-state index in [1.165, 1.54) is 5.56 Å². The van der Waals surface area contributed by atoms with Crippen LogP contribution in [0.5, 0.6) is 11.5 Å². The summed E-state index contributed by atoms with van der Waals surface area (Å²) in [5.41, 5.74) is 4.71. The molecule has 0 amide bonds. The van der Waals surface area contributed by atoms with Gasteiger partial charge < -0.3 is 14.5 Å². The molecule has 1 unspecified atom stereocenters. The lowest BCUT2D eigenvalue weighted by molar-refractivity contribution is 0.0998. The molecule has 0 bridgehead atoms. The fourth-order valence-corrected chi connectivity index (χ4v) is 5.86. The SMILES string of the molecule is Cc1cccc2cc(C(c3nnnn3Cc3ccccc3)N3CCN(Cc4ccc5c(c4)OCO5)CC3)c(=O)[nH]c12. The summed E-state index contributed by atoms with van der Waals surface area (Å²) in [5, 5.41) is 13.9. The van der Waals surface area contributed by atoms with Gasteiger partial charge in [0.2, 0.25) is 6.79 Å². The molecule has 2 aliphatic heterocycles. The second-order valence-corrected chi connectivity index (χ2v) is 10.7. The molecule has 4 heterocycles. The Morgan fingerprint density at radius 2 is 1.71 bits per heavy atom. The van der Waals surface area contributed by atoms with Gasteiger partial charge in [0.15, 0.2) is 17.3 Å². The van der Waals surface area contributed by atoms with Crippen LogP contribution in [0.2, 0.25) is 0 Å². The highest BCUT2D eigenvalue weighted by Gasteiger charge is 2.33. The Hall–Kier alpha value is -4.54. The summed E-state index contributed by atoms with van der Waals surface area (Å²) >= 11 is 0. The molecule has 10 heteroatoms. The molecule has 41 heavy (non-hydrogen) atoms. The van der Waals surface area contributed by atoms with Crippen LogP contribution in [0.4, 0.5) is 0 Å². The first-order valence-electron chi connectivity index (χ1n) is 13.9. The van der Waals surface area contributed by atoms with Crippen LogP contribution in [-0.4, -0.2) is 68.0 Å². The summed E-state index contributed by atoms with van der Waals surface area (Å²) in [6.07, 6.45) is 0. The van der Waals surface area contributed by atoms with E-state index in [0.717, 1.165) is 66.3 Å². The Balaban J connectivity index is 1.19. The molecule has 1 fully saturated rings. The number of hydrogen-bond donors (Lipinski definition) is 1. The maximum absolute atomic E-state index is 13.6. The van der Waals surface area contributed by atoms with Crippen LogP contribution in [0.25, 0.3) is 10.9 Å². The molecule has 1 N–H and O–H groups in total. The van der Waals surface area contributed by atoms with Crippen LogP contribution in [-0.2, 0) is 13.1 Å². The quantitative estimate of drug-likeness (QED) is 0.329. The highest BCUT2D eigenvalue weighted by atomic mass is 16.7. The number of aromatic amines is 1. The summed E-state index contributed by atoms with van der Waals surface area (Å²) in [6, 6.07) is 23.9. The Kier molecular flexibility index (Phi) is 6.69. The third-order valence-corrected chi connectivity index (χ3v) is 8.01. The van der Waals surface area contributed by atoms with Crippen molar-refractivity contribution in [3.05, 3.63) is 111 Å². The largest absolute Gasteiger partial charge is 0.454 e. The molecule has 5 aromatic rings. The number of pyridine rings is 1. The standard InChI is InChI=1S/C31H31N7O3/c1-21-6-5-9-24-17-25(31(39)32-28(21)24)29(30-33-34-35-38(30)19-22-7-3-2-4-8-22)37-14-12-36(13-15-37)18-23-10-11-26-27(16-23)41-20-40-26/h2-11,16-17,29H,12-15,18-20H2,1H3,(H,32,39). The van der Waals surface area contributed by atoms with Crippen molar-refractivity contribution in [2.75, 3.05) is 33.0 Å². The first-order valence-corrected chi connectivity index (χ1v) is 13.9. The van der Waals surface area contributed by atoms with E-state index < -0.39 is 6.04 Å². The van der Waals surface area contributed by atoms with Crippen molar-refractivity contribution < 1.29 is 9.47 Å². The van der Waals surface area contributed by atoms with Crippen LogP contribution >= 0.6 is 0 Å². The molecule has 7 rings (SSSR count). The van der Waals surface area contributed by atoms with E-state index >= 15 is 0 Å². The van der Waals surface area contributed by atoms with Crippen LogP contribution in [0.3, 0.4) is 0 Å². The molecule has 2 aromatic heterocycles. The fourth-order valence-electron chi connectivity index (χ4n) is 5.86. The first kappa shape index (κ1) is 25.4. The van der Waals surface area contributed by atoms with Crippen molar-refractivity contribution in [3.8, 4) is 11.5 Å². The Labute approximate surface area is 237 Å². The molecule has 1 saturated heterocycles. The maximum atomic E-state index is 13.6. The molecule has 2 aliphatic rings. The number of nitrogens with zero attached hydrogens (tertiary/aromatic N) is 6. The molecular formula is C31H31N7O3. The zero-order valence-corrected chi connectivity index (χ0v) is 22.9. The number of rotatable bonds is 7. The minimum Gasteiger partial charge on any atom is -0.454 e.